The number of nitrogens with zero attached hydrogens (tertiary/aromatic N) is 1. The molecule has 0 heterocycles. The molecule has 0 spiro atoms. The third-order valence-electron chi connectivity index (χ3n) is 4.95. The molecule has 31 heavy (non-hydrogen) atoms. The maximum Gasteiger partial charge on any atom is 0.319 e. The Labute approximate surface area is 181 Å². The molecule has 0 unspecified atom stereocenters. The normalized spacial score (nSPS) is 11.4. The van der Waals surface area contributed by atoms with Gasteiger partial charge >= 0.3 is 6.03 Å². The van der Waals surface area contributed by atoms with Gasteiger partial charge in [0.05, 0.1) is 12.6 Å². The molecule has 5 heteroatoms. The van der Waals surface area contributed by atoms with Gasteiger partial charge in [-0.2, -0.15) is 0 Å². The number of hydrogen-bond acceptors (Lipinski definition) is 2. The van der Waals surface area contributed by atoms with Crippen molar-refractivity contribution in [2.24, 2.45) is 0 Å². The number of nitrogens with one attached hydrogen (secondary N) is 2. The number of fused-ring (bicyclic) bond motifs is 1. The van der Waals surface area contributed by atoms with Gasteiger partial charge in [0.25, 0.3) is 0 Å². The van der Waals surface area contributed by atoms with Crippen LogP contribution in [0.4, 0.5) is 16.2 Å². The lowest BCUT2D eigenvalue weighted by atomic mass is 10.00. The number of hydrogen-bond donors (Lipinski definition) is 2. The Balaban J connectivity index is 1.37. The Morgan fingerprint density at radius 2 is 1.52 bits per heavy atom. The van der Waals surface area contributed by atoms with Gasteiger partial charge in [-0.05, 0) is 59.7 Å². The van der Waals surface area contributed by atoms with E-state index in [2.05, 4.69) is 33.7 Å². The smallest absolute Gasteiger partial charge is 0.319 e. The van der Waals surface area contributed by atoms with Crippen LogP contribution < -0.4 is 15.4 Å². The van der Waals surface area contributed by atoms with Gasteiger partial charge in [-0.25, -0.2) is 9.64 Å². The highest BCUT2D eigenvalue weighted by Gasteiger charge is 2.12. The highest BCUT2D eigenvalue weighted by molar-refractivity contribution is 5.91. The summed E-state index contributed by atoms with van der Waals surface area (Å²) in [6, 6.07) is 27.9. The summed E-state index contributed by atoms with van der Waals surface area (Å²) in [4.78, 5) is 15.9. The van der Waals surface area contributed by atoms with E-state index in [4.69, 9.17) is 11.3 Å². The van der Waals surface area contributed by atoms with Crippen LogP contribution in [0.3, 0.4) is 0 Å². The fraction of sp³-hybridized carbons (Fsp3) is 0.0769. The SMILES string of the molecule is [C-]#[N+]c1ccc(Oc2ccc(NC(=O)N[C@H](C)c3cccc4ccccc34)cc2)cc1. The van der Waals surface area contributed by atoms with Crippen molar-refractivity contribution in [2.75, 3.05) is 5.32 Å². The third kappa shape index (κ3) is 4.82. The number of anilines is 1. The van der Waals surface area contributed by atoms with Crippen LogP contribution >= 0.6 is 0 Å². The lowest BCUT2D eigenvalue weighted by Gasteiger charge is -2.17. The van der Waals surface area contributed by atoms with Crippen molar-refractivity contribution >= 4 is 28.2 Å². The van der Waals surface area contributed by atoms with Gasteiger partial charge < -0.3 is 15.4 Å². The average Bonchev–Trinajstić information content (AvgIpc) is 2.80. The van der Waals surface area contributed by atoms with Crippen molar-refractivity contribution in [3.8, 4) is 11.5 Å². The van der Waals surface area contributed by atoms with Gasteiger partial charge in [-0.1, -0.05) is 54.6 Å². The first-order valence-corrected chi connectivity index (χ1v) is 9.93. The van der Waals surface area contributed by atoms with E-state index in [0.717, 1.165) is 16.3 Å². The molecule has 4 aromatic rings. The molecule has 0 aliphatic heterocycles. The predicted molar refractivity (Wildman–Crippen MR) is 124 cm³/mol. The highest BCUT2D eigenvalue weighted by atomic mass is 16.5. The van der Waals surface area contributed by atoms with Crippen LogP contribution in [0.1, 0.15) is 18.5 Å². The van der Waals surface area contributed by atoms with Crippen LogP contribution in [0.5, 0.6) is 11.5 Å². The van der Waals surface area contributed by atoms with E-state index >= 15 is 0 Å². The number of carbonyl (C=O) groups is 1. The summed E-state index contributed by atoms with van der Waals surface area (Å²) in [6.07, 6.45) is 0. The van der Waals surface area contributed by atoms with Crippen molar-refractivity contribution in [3.05, 3.63) is 108 Å². The molecule has 0 aliphatic rings. The first-order chi connectivity index (χ1) is 15.1. The van der Waals surface area contributed by atoms with Crippen molar-refractivity contribution in [3.63, 3.8) is 0 Å². The van der Waals surface area contributed by atoms with Gasteiger partial charge in [0.15, 0.2) is 5.69 Å². The topological polar surface area (TPSA) is 54.7 Å². The number of carbonyl (C=O) groups excluding carboxylic acids is 1. The van der Waals surface area contributed by atoms with E-state index in [9.17, 15) is 4.79 Å². The quantitative estimate of drug-likeness (QED) is 0.348. The maximum atomic E-state index is 12.5. The second-order valence-electron chi connectivity index (χ2n) is 7.12. The fourth-order valence-corrected chi connectivity index (χ4v) is 3.40. The summed E-state index contributed by atoms with van der Waals surface area (Å²) in [5.41, 5.74) is 2.30. The Hall–Kier alpha value is -4.30. The van der Waals surface area contributed by atoms with E-state index in [1.807, 2.05) is 31.2 Å². The van der Waals surface area contributed by atoms with E-state index < -0.39 is 0 Å². The number of urea groups is 1. The largest absolute Gasteiger partial charge is 0.457 e. The molecule has 0 bridgehead atoms. The Morgan fingerprint density at radius 1 is 0.871 bits per heavy atom. The third-order valence-corrected chi connectivity index (χ3v) is 4.95. The van der Waals surface area contributed by atoms with Gasteiger partial charge in [-0.15, -0.1) is 0 Å². The Kier molecular flexibility index (Phi) is 5.82. The van der Waals surface area contributed by atoms with Crippen LogP contribution in [0.15, 0.2) is 91.0 Å². The van der Waals surface area contributed by atoms with E-state index in [1.165, 1.54) is 0 Å². The number of rotatable bonds is 5. The molecule has 1 atom stereocenters. The Bertz CT molecular complexity index is 1240. The summed E-state index contributed by atoms with van der Waals surface area (Å²) >= 11 is 0. The molecule has 0 saturated carbocycles. The zero-order valence-corrected chi connectivity index (χ0v) is 17.0. The summed E-state index contributed by atoms with van der Waals surface area (Å²) in [7, 11) is 0. The van der Waals surface area contributed by atoms with Crippen LogP contribution in [0.25, 0.3) is 15.6 Å². The second kappa shape index (κ2) is 9.02. The minimum absolute atomic E-state index is 0.146. The van der Waals surface area contributed by atoms with Gasteiger partial charge in [0.2, 0.25) is 0 Å². The standard InChI is InChI=1S/C26H21N3O2/c1-18(24-9-5-7-19-6-3-4-8-25(19)24)28-26(30)29-21-12-16-23(17-13-21)31-22-14-10-20(27-2)11-15-22/h3-18H,1H3,(H2,28,29,30)/t18-/m1/s1. The molecule has 4 rings (SSSR count). The van der Waals surface area contributed by atoms with E-state index in [1.54, 1.807) is 48.5 Å². The minimum atomic E-state index is -0.274. The molecule has 5 nitrogen and oxygen atoms in total. The fourth-order valence-electron chi connectivity index (χ4n) is 3.40. The molecule has 0 aliphatic carbocycles. The van der Waals surface area contributed by atoms with Gasteiger partial charge in [-0.3, -0.25) is 0 Å². The van der Waals surface area contributed by atoms with E-state index in [0.29, 0.717) is 22.9 Å². The molecular weight excluding hydrogens is 386 g/mol. The molecule has 0 radical (unpaired) electrons. The molecule has 0 aromatic heterocycles. The van der Waals surface area contributed by atoms with Crippen LogP contribution in [-0.2, 0) is 0 Å². The molecule has 0 fully saturated rings. The molecule has 152 valence electrons. The molecule has 4 aromatic carbocycles. The monoisotopic (exact) mass is 407 g/mol. The second-order valence-corrected chi connectivity index (χ2v) is 7.12. The zero-order chi connectivity index (χ0) is 21.6. The number of ether oxygens (including phenoxy) is 1. The van der Waals surface area contributed by atoms with Crippen molar-refractivity contribution < 1.29 is 9.53 Å². The van der Waals surface area contributed by atoms with Crippen LogP contribution in [-0.4, -0.2) is 6.03 Å². The highest BCUT2D eigenvalue weighted by Crippen LogP contribution is 2.26. The lowest BCUT2D eigenvalue weighted by Crippen LogP contribution is -2.31. The van der Waals surface area contributed by atoms with Crippen molar-refractivity contribution in [1.82, 2.24) is 5.32 Å². The molecule has 2 N–H and O–H groups in total. The summed E-state index contributed by atoms with van der Waals surface area (Å²) in [5.74, 6) is 1.29. The number of benzene rings is 4. The lowest BCUT2D eigenvalue weighted by molar-refractivity contribution is 0.249. The van der Waals surface area contributed by atoms with Gasteiger partial charge in [0.1, 0.15) is 11.5 Å². The van der Waals surface area contributed by atoms with Gasteiger partial charge in [0, 0.05) is 5.69 Å². The first kappa shape index (κ1) is 20.0. The molecule has 2 amide bonds. The van der Waals surface area contributed by atoms with Crippen LogP contribution in [0.2, 0.25) is 0 Å². The van der Waals surface area contributed by atoms with Crippen molar-refractivity contribution in [1.29, 1.82) is 0 Å². The Morgan fingerprint density at radius 3 is 2.23 bits per heavy atom. The first-order valence-electron chi connectivity index (χ1n) is 9.93. The number of amides is 2. The summed E-state index contributed by atoms with van der Waals surface area (Å²) < 4.78 is 5.77. The average molecular weight is 407 g/mol. The van der Waals surface area contributed by atoms with Crippen LogP contribution in [0, 0.1) is 6.57 Å². The van der Waals surface area contributed by atoms with Crippen molar-refractivity contribution in [2.45, 2.75) is 13.0 Å². The zero-order valence-electron chi connectivity index (χ0n) is 17.0. The summed E-state index contributed by atoms with van der Waals surface area (Å²) in [5, 5.41) is 8.13. The maximum absolute atomic E-state index is 12.5. The minimum Gasteiger partial charge on any atom is -0.457 e. The predicted octanol–water partition coefficient (Wildman–Crippen LogP) is 7.07. The summed E-state index contributed by atoms with van der Waals surface area (Å²) in [6.45, 7) is 8.96. The molecule has 0 saturated heterocycles. The van der Waals surface area contributed by atoms with E-state index in [-0.39, 0.29) is 12.1 Å². The molecular formula is C26H21N3O2.